The van der Waals surface area contributed by atoms with Crippen molar-refractivity contribution in [2.24, 2.45) is 11.7 Å². The highest BCUT2D eigenvalue weighted by atomic mass is 15.2. The summed E-state index contributed by atoms with van der Waals surface area (Å²) in [5, 5.41) is 1.17. The smallest absolute Gasteiger partial charge is 0.133 e. The minimum atomic E-state index is 0.534. The molecule has 1 heterocycles. The average Bonchev–Trinajstić information content (AvgIpc) is 2.55. The number of para-hydroxylation sites is 1. The van der Waals surface area contributed by atoms with Crippen LogP contribution in [0, 0.1) is 5.92 Å². The fourth-order valence-corrected chi connectivity index (χ4v) is 2.80. The third-order valence-corrected chi connectivity index (χ3v) is 4.31. The topological polar surface area (TPSA) is 42.2 Å². The summed E-state index contributed by atoms with van der Waals surface area (Å²) in [7, 11) is 0. The van der Waals surface area contributed by atoms with Crippen LogP contribution in [0.1, 0.15) is 39.2 Å². The van der Waals surface area contributed by atoms with E-state index >= 15 is 0 Å². The molecule has 1 aromatic carbocycles. The molecule has 0 saturated heterocycles. The molecule has 0 atom stereocenters. The first-order chi connectivity index (χ1) is 10.2. The van der Waals surface area contributed by atoms with Crippen LogP contribution in [0.3, 0.4) is 0 Å². The van der Waals surface area contributed by atoms with Crippen molar-refractivity contribution in [3.63, 3.8) is 0 Å². The van der Waals surface area contributed by atoms with Crippen molar-refractivity contribution < 1.29 is 0 Å². The first-order valence-electron chi connectivity index (χ1n) is 8.07. The summed E-state index contributed by atoms with van der Waals surface area (Å²) in [5.74, 6) is 1.77. The summed E-state index contributed by atoms with van der Waals surface area (Å²) in [5.41, 5.74) is 8.15. The van der Waals surface area contributed by atoms with Gasteiger partial charge >= 0.3 is 0 Å². The van der Waals surface area contributed by atoms with Crippen molar-refractivity contribution in [2.75, 3.05) is 18.0 Å². The maximum Gasteiger partial charge on any atom is 0.133 e. The summed E-state index contributed by atoms with van der Waals surface area (Å²) in [6, 6.07) is 10.4. The first-order valence-corrected chi connectivity index (χ1v) is 8.07. The Kier molecular flexibility index (Phi) is 5.57. The lowest BCUT2D eigenvalue weighted by Crippen LogP contribution is -2.31. The molecule has 0 spiro atoms. The maximum absolute atomic E-state index is 5.96. The van der Waals surface area contributed by atoms with Crippen LogP contribution < -0.4 is 10.6 Å². The Balaban J connectivity index is 2.41. The number of benzene rings is 1. The lowest BCUT2D eigenvalue weighted by molar-refractivity contribution is 0.484. The predicted octanol–water partition coefficient (Wildman–Crippen LogP) is 3.96. The molecule has 21 heavy (non-hydrogen) atoms. The third-order valence-electron chi connectivity index (χ3n) is 4.31. The van der Waals surface area contributed by atoms with Gasteiger partial charge in [0.25, 0.3) is 0 Å². The molecule has 3 heteroatoms. The molecule has 0 aliphatic heterocycles. The number of aromatic nitrogens is 1. The molecule has 0 aliphatic rings. The Bertz CT molecular complexity index is 576. The standard InChI is InChI=1S/C18H27N3/c1-4-14(5-2)13-21(6-3)18-16(12-19)11-15-9-7-8-10-17(15)20-18/h7-11,14H,4-6,12-13,19H2,1-3H3. The Hall–Kier alpha value is -1.61. The zero-order valence-corrected chi connectivity index (χ0v) is 13.5. The highest BCUT2D eigenvalue weighted by Crippen LogP contribution is 2.25. The Morgan fingerprint density at radius 3 is 2.48 bits per heavy atom. The van der Waals surface area contributed by atoms with E-state index in [0.717, 1.165) is 30.0 Å². The van der Waals surface area contributed by atoms with Crippen LogP contribution in [-0.4, -0.2) is 18.1 Å². The molecule has 2 rings (SSSR count). The minimum Gasteiger partial charge on any atom is -0.356 e. The number of rotatable bonds is 7. The monoisotopic (exact) mass is 285 g/mol. The van der Waals surface area contributed by atoms with E-state index in [-0.39, 0.29) is 0 Å². The van der Waals surface area contributed by atoms with Crippen LogP contribution in [0.5, 0.6) is 0 Å². The Morgan fingerprint density at radius 2 is 1.86 bits per heavy atom. The molecule has 0 saturated carbocycles. The zero-order chi connectivity index (χ0) is 15.2. The van der Waals surface area contributed by atoms with Crippen molar-refractivity contribution in [1.29, 1.82) is 0 Å². The highest BCUT2D eigenvalue weighted by molar-refractivity contribution is 5.81. The fourth-order valence-electron chi connectivity index (χ4n) is 2.80. The van der Waals surface area contributed by atoms with Gasteiger partial charge in [-0.3, -0.25) is 0 Å². The van der Waals surface area contributed by atoms with Crippen molar-refractivity contribution in [3.05, 3.63) is 35.9 Å². The van der Waals surface area contributed by atoms with Crippen LogP contribution >= 0.6 is 0 Å². The van der Waals surface area contributed by atoms with Gasteiger partial charge in [0.15, 0.2) is 0 Å². The number of anilines is 1. The van der Waals surface area contributed by atoms with Gasteiger partial charge in [-0.1, -0.05) is 44.9 Å². The van der Waals surface area contributed by atoms with Gasteiger partial charge in [0, 0.05) is 30.6 Å². The predicted molar refractivity (Wildman–Crippen MR) is 91.6 cm³/mol. The van der Waals surface area contributed by atoms with E-state index < -0.39 is 0 Å². The molecule has 0 amide bonds. The van der Waals surface area contributed by atoms with E-state index in [1.54, 1.807) is 0 Å². The average molecular weight is 285 g/mol. The zero-order valence-electron chi connectivity index (χ0n) is 13.5. The van der Waals surface area contributed by atoms with Crippen LogP contribution in [0.2, 0.25) is 0 Å². The lowest BCUT2D eigenvalue weighted by atomic mass is 10.0. The number of hydrogen-bond acceptors (Lipinski definition) is 3. The largest absolute Gasteiger partial charge is 0.356 e. The molecule has 2 aromatic rings. The molecule has 0 fully saturated rings. The number of pyridine rings is 1. The molecule has 114 valence electrons. The van der Waals surface area contributed by atoms with Gasteiger partial charge in [-0.05, 0) is 25.0 Å². The molecular weight excluding hydrogens is 258 g/mol. The number of nitrogens with two attached hydrogens (primary N) is 1. The van der Waals surface area contributed by atoms with Crippen molar-refractivity contribution >= 4 is 16.7 Å². The highest BCUT2D eigenvalue weighted by Gasteiger charge is 2.15. The molecule has 0 unspecified atom stereocenters. The number of fused-ring (bicyclic) bond motifs is 1. The minimum absolute atomic E-state index is 0.534. The number of nitrogens with zero attached hydrogens (tertiary/aromatic N) is 2. The van der Waals surface area contributed by atoms with E-state index in [1.807, 2.05) is 12.1 Å². The first kappa shape index (κ1) is 15.8. The van der Waals surface area contributed by atoms with E-state index in [1.165, 1.54) is 18.2 Å². The van der Waals surface area contributed by atoms with E-state index in [9.17, 15) is 0 Å². The second-order valence-corrected chi connectivity index (χ2v) is 5.59. The second-order valence-electron chi connectivity index (χ2n) is 5.59. The molecular formula is C18H27N3. The molecule has 0 radical (unpaired) electrons. The van der Waals surface area contributed by atoms with E-state index in [4.69, 9.17) is 10.7 Å². The van der Waals surface area contributed by atoms with Crippen molar-refractivity contribution in [1.82, 2.24) is 4.98 Å². The van der Waals surface area contributed by atoms with Gasteiger partial charge < -0.3 is 10.6 Å². The summed E-state index contributed by atoms with van der Waals surface area (Å²) < 4.78 is 0. The van der Waals surface area contributed by atoms with Crippen molar-refractivity contribution in [2.45, 2.75) is 40.2 Å². The molecule has 3 nitrogen and oxygen atoms in total. The van der Waals surface area contributed by atoms with Crippen LogP contribution in [-0.2, 0) is 6.54 Å². The van der Waals surface area contributed by atoms with Crippen LogP contribution in [0.15, 0.2) is 30.3 Å². The fraction of sp³-hybridized carbons (Fsp3) is 0.500. The second kappa shape index (κ2) is 7.41. The summed E-state index contributed by atoms with van der Waals surface area (Å²) in [6.45, 7) is 9.28. The van der Waals surface area contributed by atoms with Crippen LogP contribution in [0.4, 0.5) is 5.82 Å². The van der Waals surface area contributed by atoms with Crippen LogP contribution in [0.25, 0.3) is 10.9 Å². The maximum atomic E-state index is 5.96. The molecule has 0 bridgehead atoms. The summed E-state index contributed by atoms with van der Waals surface area (Å²) in [6.07, 6.45) is 2.41. The van der Waals surface area contributed by atoms with E-state index in [0.29, 0.717) is 12.5 Å². The van der Waals surface area contributed by atoms with Gasteiger partial charge in [-0.15, -0.1) is 0 Å². The SMILES string of the molecule is CCC(CC)CN(CC)c1nc2ccccc2cc1CN. The van der Waals surface area contributed by atoms with Gasteiger partial charge in [0.05, 0.1) is 5.52 Å². The van der Waals surface area contributed by atoms with Gasteiger partial charge in [0.1, 0.15) is 5.82 Å². The van der Waals surface area contributed by atoms with Gasteiger partial charge in [-0.2, -0.15) is 0 Å². The molecule has 1 aromatic heterocycles. The molecule has 0 aliphatic carbocycles. The van der Waals surface area contributed by atoms with Crippen molar-refractivity contribution in [3.8, 4) is 0 Å². The normalized spacial score (nSPS) is 11.3. The summed E-state index contributed by atoms with van der Waals surface area (Å²) >= 11 is 0. The van der Waals surface area contributed by atoms with Gasteiger partial charge in [0.2, 0.25) is 0 Å². The lowest BCUT2D eigenvalue weighted by Gasteiger charge is -2.28. The molecule has 2 N–H and O–H groups in total. The quantitative estimate of drug-likeness (QED) is 0.837. The Morgan fingerprint density at radius 1 is 1.14 bits per heavy atom. The number of hydrogen-bond donors (Lipinski definition) is 1. The van der Waals surface area contributed by atoms with Gasteiger partial charge in [-0.25, -0.2) is 4.98 Å². The van der Waals surface area contributed by atoms with E-state index in [2.05, 4.69) is 43.9 Å². The third kappa shape index (κ3) is 3.53. The Labute approximate surface area is 128 Å². The summed E-state index contributed by atoms with van der Waals surface area (Å²) in [4.78, 5) is 7.27.